The van der Waals surface area contributed by atoms with Crippen LogP contribution >= 0.6 is 0 Å². The zero-order valence-electron chi connectivity index (χ0n) is 17.9. The van der Waals surface area contributed by atoms with E-state index in [4.69, 9.17) is 4.42 Å². The van der Waals surface area contributed by atoms with Crippen LogP contribution in [0, 0.1) is 6.92 Å². The van der Waals surface area contributed by atoms with Gasteiger partial charge in [0.15, 0.2) is 11.6 Å². The van der Waals surface area contributed by atoms with Gasteiger partial charge in [0.05, 0.1) is 17.0 Å². The molecule has 0 radical (unpaired) electrons. The molecule has 0 aliphatic carbocycles. The molecule has 0 spiro atoms. The Morgan fingerprint density at radius 1 is 0.848 bits per heavy atom. The molecule has 0 aliphatic heterocycles. The maximum absolute atomic E-state index is 14.5. The summed E-state index contributed by atoms with van der Waals surface area (Å²) in [5, 5.41) is 0. The van der Waals surface area contributed by atoms with Crippen molar-refractivity contribution in [2.75, 3.05) is 0 Å². The quantitative estimate of drug-likeness (QED) is 0.295. The monoisotopic (exact) mass is 460 g/mol. The van der Waals surface area contributed by atoms with E-state index >= 15 is 0 Å². The van der Waals surface area contributed by atoms with Gasteiger partial charge in [-0.3, -0.25) is 0 Å². The number of aromatic nitrogens is 2. The SMILES string of the molecule is CCCC(F)(F)c1cc(-c2ccc(-c3nc(C)c(-c4ccccc4)[nH]3)o2)cc(C(F)(F)F)c1. The summed E-state index contributed by atoms with van der Waals surface area (Å²) in [6.07, 6.45) is -5.19. The molecule has 0 atom stereocenters. The van der Waals surface area contributed by atoms with Gasteiger partial charge >= 0.3 is 6.18 Å². The van der Waals surface area contributed by atoms with E-state index in [1.54, 1.807) is 13.0 Å². The number of alkyl halides is 5. The smallest absolute Gasteiger partial charge is 0.416 e. The highest BCUT2D eigenvalue weighted by atomic mass is 19.4. The second kappa shape index (κ2) is 8.50. The predicted octanol–water partition coefficient (Wildman–Crippen LogP) is 8.22. The molecule has 0 aliphatic rings. The van der Waals surface area contributed by atoms with Crippen LogP contribution in [-0.2, 0) is 12.1 Å². The number of aryl methyl sites for hydroxylation is 1. The molecule has 0 unspecified atom stereocenters. The first kappa shape index (κ1) is 22.8. The second-order valence-electron chi connectivity index (χ2n) is 7.83. The summed E-state index contributed by atoms with van der Waals surface area (Å²) in [6, 6.07) is 14.9. The number of imidazole rings is 1. The summed E-state index contributed by atoms with van der Waals surface area (Å²) in [7, 11) is 0. The highest BCUT2D eigenvalue weighted by Gasteiger charge is 2.36. The molecule has 0 saturated heterocycles. The zero-order valence-corrected chi connectivity index (χ0v) is 17.9. The van der Waals surface area contributed by atoms with Gasteiger partial charge in [0, 0.05) is 17.5 Å². The van der Waals surface area contributed by atoms with Crippen LogP contribution in [0.1, 0.15) is 36.6 Å². The van der Waals surface area contributed by atoms with E-state index in [1.807, 2.05) is 37.3 Å². The van der Waals surface area contributed by atoms with Gasteiger partial charge in [-0.25, -0.2) is 13.8 Å². The number of nitrogens with one attached hydrogen (secondary N) is 1. The lowest BCUT2D eigenvalue weighted by molar-refractivity contribution is -0.137. The van der Waals surface area contributed by atoms with Crippen molar-refractivity contribution in [1.29, 1.82) is 0 Å². The maximum Gasteiger partial charge on any atom is 0.416 e. The normalized spacial score (nSPS) is 12.3. The van der Waals surface area contributed by atoms with Crippen molar-refractivity contribution < 1.29 is 26.4 Å². The third kappa shape index (κ3) is 4.69. The topological polar surface area (TPSA) is 41.8 Å². The molecule has 3 nitrogen and oxygen atoms in total. The Bertz CT molecular complexity index is 1260. The Morgan fingerprint density at radius 2 is 1.52 bits per heavy atom. The molecule has 0 bridgehead atoms. The van der Waals surface area contributed by atoms with E-state index in [0.29, 0.717) is 11.9 Å². The molecule has 1 N–H and O–H groups in total. The van der Waals surface area contributed by atoms with Crippen molar-refractivity contribution in [1.82, 2.24) is 9.97 Å². The number of hydrogen-bond acceptors (Lipinski definition) is 2. The van der Waals surface area contributed by atoms with Crippen LogP contribution in [0.25, 0.3) is 34.2 Å². The fourth-order valence-electron chi connectivity index (χ4n) is 3.69. The van der Waals surface area contributed by atoms with Crippen molar-refractivity contribution in [3.05, 3.63) is 77.5 Å². The fourth-order valence-corrected chi connectivity index (χ4v) is 3.69. The lowest BCUT2D eigenvalue weighted by Crippen LogP contribution is -2.15. The van der Waals surface area contributed by atoms with Crippen LogP contribution in [0.4, 0.5) is 22.0 Å². The highest BCUT2D eigenvalue weighted by Crippen LogP contribution is 2.40. The summed E-state index contributed by atoms with van der Waals surface area (Å²) in [6.45, 7) is 3.37. The van der Waals surface area contributed by atoms with Gasteiger partial charge < -0.3 is 9.40 Å². The molecule has 0 amide bonds. The lowest BCUT2D eigenvalue weighted by Gasteiger charge is -2.19. The van der Waals surface area contributed by atoms with Crippen LogP contribution in [0.5, 0.6) is 0 Å². The highest BCUT2D eigenvalue weighted by molar-refractivity contribution is 5.68. The van der Waals surface area contributed by atoms with Crippen molar-refractivity contribution in [2.45, 2.75) is 38.8 Å². The van der Waals surface area contributed by atoms with Gasteiger partial charge in [0.25, 0.3) is 5.92 Å². The standard InChI is InChI=1S/C25H21F5N2O/c1-3-11-24(26,27)18-12-17(13-19(14-18)25(28,29)30)20-9-10-21(33-20)23-31-15(2)22(32-23)16-7-5-4-6-8-16/h4-10,12-14H,3,11H2,1-2H3,(H,31,32). The summed E-state index contributed by atoms with van der Waals surface area (Å²) in [4.78, 5) is 7.61. The Kier molecular flexibility index (Phi) is 5.86. The minimum Gasteiger partial charge on any atom is -0.453 e. The number of nitrogens with zero attached hydrogens (tertiary/aromatic N) is 1. The minimum absolute atomic E-state index is 0.0416. The van der Waals surface area contributed by atoms with E-state index < -0.39 is 29.6 Å². The van der Waals surface area contributed by atoms with E-state index in [1.165, 1.54) is 6.07 Å². The van der Waals surface area contributed by atoms with Gasteiger partial charge in [-0.15, -0.1) is 0 Å². The molecule has 2 heterocycles. The lowest BCUT2D eigenvalue weighted by atomic mass is 9.97. The zero-order chi connectivity index (χ0) is 23.8. The number of furan rings is 1. The van der Waals surface area contributed by atoms with E-state index in [0.717, 1.165) is 29.1 Å². The van der Waals surface area contributed by atoms with Crippen LogP contribution < -0.4 is 0 Å². The molecule has 172 valence electrons. The molecule has 33 heavy (non-hydrogen) atoms. The van der Waals surface area contributed by atoms with Gasteiger partial charge in [0.2, 0.25) is 0 Å². The Balaban J connectivity index is 1.74. The number of rotatable bonds is 6. The molecule has 8 heteroatoms. The number of hydrogen-bond donors (Lipinski definition) is 1. The van der Waals surface area contributed by atoms with Crippen LogP contribution in [0.2, 0.25) is 0 Å². The van der Waals surface area contributed by atoms with Crippen LogP contribution in [0.15, 0.2) is 65.1 Å². The first-order valence-corrected chi connectivity index (χ1v) is 10.4. The van der Waals surface area contributed by atoms with Crippen molar-refractivity contribution in [2.24, 2.45) is 0 Å². The molecule has 0 fully saturated rings. The maximum atomic E-state index is 14.5. The van der Waals surface area contributed by atoms with Gasteiger partial charge in [-0.1, -0.05) is 43.7 Å². The number of aromatic amines is 1. The summed E-state index contributed by atoms with van der Waals surface area (Å²) >= 11 is 0. The summed E-state index contributed by atoms with van der Waals surface area (Å²) in [5.41, 5.74) is 0.504. The Morgan fingerprint density at radius 3 is 2.18 bits per heavy atom. The average Bonchev–Trinajstić information content (AvgIpc) is 3.40. The first-order valence-electron chi connectivity index (χ1n) is 10.4. The molecule has 0 saturated carbocycles. The number of H-pyrrole nitrogens is 1. The Hall–Kier alpha value is -3.42. The summed E-state index contributed by atoms with van der Waals surface area (Å²) < 4.78 is 75.0. The molecular formula is C25H21F5N2O. The third-order valence-electron chi connectivity index (χ3n) is 5.32. The minimum atomic E-state index is -4.77. The van der Waals surface area contributed by atoms with E-state index in [2.05, 4.69) is 9.97 Å². The van der Waals surface area contributed by atoms with Crippen molar-refractivity contribution in [3.8, 4) is 34.2 Å². The van der Waals surface area contributed by atoms with Crippen molar-refractivity contribution >= 4 is 0 Å². The average molecular weight is 460 g/mol. The summed E-state index contributed by atoms with van der Waals surface area (Å²) in [5.74, 6) is -2.67. The molecule has 2 aromatic heterocycles. The second-order valence-corrected chi connectivity index (χ2v) is 7.83. The Labute approximate surface area is 187 Å². The largest absolute Gasteiger partial charge is 0.453 e. The van der Waals surface area contributed by atoms with Gasteiger partial charge in [-0.05, 0) is 42.8 Å². The predicted molar refractivity (Wildman–Crippen MR) is 116 cm³/mol. The van der Waals surface area contributed by atoms with E-state index in [9.17, 15) is 22.0 Å². The van der Waals surface area contributed by atoms with Gasteiger partial charge in [-0.2, -0.15) is 13.2 Å². The first-order chi connectivity index (χ1) is 15.6. The molecule has 4 rings (SSSR count). The number of benzene rings is 2. The van der Waals surface area contributed by atoms with Crippen molar-refractivity contribution in [3.63, 3.8) is 0 Å². The molecular weight excluding hydrogens is 439 g/mol. The van der Waals surface area contributed by atoms with Gasteiger partial charge in [0.1, 0.15) is 5.76 Å². The third-order valence-corrected chi connectivity index (χ3v) is 5.32. The van der Waals surface area contributed by atoms with Crippen LogP contribution in [-0.4, -0.2) is 9.97 Å². The van der Waals surface area contributed by atoms with E-state index in [-0.39, 0.29) is 23.5 Å². The molecule has 4 aromatic rings. The molecule has 2 aromatic carbocycles. The fraction of sp³-hybridized carbons (Fsp3) is 0.240. The number of halogens is 5. The van der Waals surface area contributed by atoms with Crippen LogP contribution in [0.3, 0.4) is 0 Å².